The van der Waals surface area contributed by atoms with Crippen LogP contribution < -0.4 is 0 Å². The fraction of sp³-hybridized carbons (Fsp3) is 0.933. The van der Waals surface area contributed by atoms with Crippen molar-refractivity contribution in [1.29, 1.82) is 0 Å². The maximum Gasteiger partial charge on any atom is 0.222 e. The van der Waals surface area contributed by atoms with Crippen molar-refractivity contribution in [1.82, 2.24) is 4.90 Å². The molecule has 1 N–H and O–H groups in total. The lowest BCUT2D eigenvalue weighted by atomic mass is 9.91. The van der Waals surface area contributed by atoms with Crippen LogP contribution in [0, 0.1) is 0 Å². The molecule has 0 aromatic rings. The van der Waals surface area contributed by atoms with Gasteiger partial charge in [0.15, 0.2) is 0 Å². The molecule has 18 heavy (non-hydrogen) atoms. The van der Waals surface area contributed by atoms with Gasteiger partial charge in [-0.15, -0.1) is 0 Å². The van der Waals surface area contributed by atoms with Gasteiger partial charge < -0.3 is 10.0 Å². The Morgan fingerprint density at radius 2 is 1.89 bits per heavy atom. The molecule has 0 atom stereocenters. The summed E-state index contributed by atoms with van der Waals surface area (Å²) < 4.78 is 0. The second-order valence-corrected chi connectivity index (χ2v) is 5.41. The molecule has 0 heterocycles. The Labute approximate surface area is 112 Å². The Kier molecular flexibility index (Phi) is 8.06. The van der Waals surface area contributed by atoms with E-state index in [-0.39, 0.29) is 6.61 Å². The zero-order chi connectivity index (χ0) is 13.2. The number of hydrogen-bond donors (Lipinski definition) is 1. The predicted molar refractivity (Wildman–Crippen MR) is 74.4 cm³/mol. The first-order valence-corrected chi connectivity index (χ1v) is 7.70. The zero-order valence-electron chi connectivity index (χ0n) is 11.9. The van der Waals surface area contributed by atoms with Crippen molar-refractivity contribution in [2.45, 2.75) is 77.2 Å². The van der Waals surface area contributed by atoms with Gasteiger partial charge in [0, 0.05) is 25.6 Å². The maximum atomic E-state index is 12.2. The summed E-state index contributed by atoms with van der Waals surface area (Å²) in [7, 11) is 0. The lowest BCUT2D eigenvalue weighted by Gasteiger charge is -2.37. The topological polar surface area (TPSA) is 40.5 Å². The molecule has 1 aliphatic carbocycles. The van der Waals surface area contributed by atoms with E-state index in [1.54, 1.807) is 0 Å². The molecule has 3 nitrogen and oxygen atoms in total. The van der Waals surface area contributed by atoms with Crippen LogP contribution in [0.3, 0.4) is 0 Å². The third-order valence-electron chi connectivity index (χ3n) is 3.89. The number of hydrogen-bond acceptors (Lipinski definition) is 2. The SMILES string of the molecule is CCCCCCCC(=O)N(CCCO)C1CCC1. The highest BCUT2D eigenvalue weighted by Crippen LogP contribution is 2.25. The molecule has 1 fully saturated rings. The van der Waals surface area contributed by atoms with Crippen LogP contribution in [0.1, 0.15) is 71.1 Å². The van der Waals surface area contributed by atoms with Gasteiger partial charge in [-0.05, 0) is 32.1 Å². The molecule has 106 valence electrons. The van der Waals surface area contributed by atoms with Gasteiger partial charge in [0.25, 0.3) is 0 Å². The molecule has 1 rings (SSSR count). The molecule has 0 unspecified atom stereocenters. The third-order valence-corrected chi connectivity index (χ3v) is 3.89. The number of carbonyl (C=O) groups is 1. The van der Waals surface area contributed by atoms with Crippen LogP contribution in [0.4, 0.5) is 0 Å². The van der Waals surface area contributed by atoms with Crippen LogP contribution in [0.5, 0.6) is 0 Å². The van der Waals surface area contributed by atoms with Crippen molar-refractivity contribution < 1.29 is 9.90 Å². The van der Waals surface area contributed by atoms with E-state index < -0.39 is 0 Å². The summed E-state index contributed by atoms with van der Waals surface area (Å²) in [5.74, 6) is 0.310. The van der Waals surface area contributed by atoms with Crippen LogP contribution in [0.15, 0.2) is 0 Å². The quantitative estimate of drug-likeness (QED) is 0.609. The molecule has 0 spiro atoms. The molecule has 0 aromatic carbocycles. The number of amides is 1. The fourth-order valence-corrected chi connectivity index (χ4v) is 2.47. The monoisotopic (exact) mass is 255 g/mol. The van der Waals surface area contributed by atoms with Crippen molar-refractivity contribution in [2.75, 3.05) is 13.2 Å². The van der Waals surface area contributed by atoms with Crippen LogP contribution in [0.25, 0.3) is 0 Å². The van der Waals surface area contributed by atoms with E-state index in [4.69, 9.17) is 5.11 Å². The summed E-state index contributed by atoms with van der Waals surface area (Å²) in [6, 6.07) is 0.472. The minimum atomic E-state index is 0.188. The number of aliphatic hydroxyl groups excluding tert-OH is 1. The van der Waals surface area contributed by atoms with Crippen LogP contribution in [-0.2, 0) is 4.79 Å². The first-order valence-electron chi connectivity index (χ1n) is 7.70. The van der Waals surface area contributed by atoms with Gasteiger partial charge in [0.1, 0.15) is 0 Å². The largest absolute Gasteiger partial charge is 0.396 e. The summed E-state index contributed by atoms with van der Waals surface area (Å²) in [4.78, 5) is 14.2. The van der Waals surface area contributed by atoms with Crippen LogP contribution in [0.2, 0.25) is 0 Å². The molecular weight excluding hydrogens is 226 g/mol. The smallest absolute Gasteiger partial charge is 0.222 e. The van der Waals surface area contributed by atoms with E-state index in [0.717, 1.165) is 32.2 Å². The Morgan fingerprint density at radius 3 is 2.44 bits per heavy atom. The van der Waals surface area contributed by atoms with E-state index in [1.165, 1.54) is 32.1 Å². The standard InChI is InChI=1S/C15H29NO2/c1-2-3-4-5-6-11-15(18)16(12-8-13-17)14-9-7-10-14/h14,17H,2-13H2,1H3. The molecule has 1 saturated carbocycles. The van der Waals surface area contributed by atoms with E-state index in [9.17, 15) is 4.79 Å². The van der Waals surface area contributed by atoms with Crippen molar-refractivity contribution in [3.8, 4) is 0 Å². The Hall–Kier alpha value is -0.570. The van der Waals surface area contributed by atoms with E-state index in [2.05, 4.69) is 6.92 Å². The maximum absolute atomic E-state index is 12.2. The Bertz CT molecular complexity index is 227. The van der Waals surface area contributed by atoms with Crippen molar-refractivity contribution in [3.05, 3.63) is 0 Å². The fourth-order valence-electron chi connectivity index (χ4n) is 2.47. The zero-order valence-corrected chi connectivity index (χ0v) is 11.9. The predicted octanol–water partition coefficient (Wildman–Crippen LogP) is 3.11. The van der Waals surface area contributed by atoms with E-state index in [0.29, 0.717) is 18.4 Å². The Morgan fingerprint density at radius 1 is 1.17 bits per heavy atom. The second kappa shape index (κ2) is 9.37. The molecular formula is C15H29NO2. The Balaban J connectivity index is 2.21. The molecule has 0 saturated heterocycles. The van der Waals surface area contributed by atoms with E-state index >= 15 is 0 Å². The highest BCUT2D eigenvalue weighted by atomic mass is 16.3. The molecule has 0 aliphatic heterocycles. The van der Waals surface area contributed by atoms with Crippen molar-refractivity contribution in [3.63, 3.8) is 0 Å². The van der Waals surface area contributed by atoms with Gasteiger partial charge in [-0.3, -0.25) is 4.79 Å². The highest BCUT2D eigenvalue weighted by molar-refractivity contribution is 5.76. The van der Waals surface area contributed by atoms with Gasteiger partial charge in [-0.1, -0.05) is 32.6 Å². The molecule has 0 aromatic heterocycles. The molecule has 1 aliphatic rings. The van der Waals surface area contributed by atoms with Gasteiger partial charge in [0.05, 0.1) is 0 Å². The normalized spacial score (nSPS) is 15.4. The third kappa shape index (κ3) is 5.38. The minimum Gasteiger partial charge on any atom is -0.396 e. The van der Waals surface area contributed by atoms with E-state index in [1.807, 2.05) is 4.90 Å². The number of nitrogens with zero attached hydrogens (tertiary/aromatic N) is 1. The minimum absolute atomic E-state index is 0.188. The number of unbranched alkanes of at least 4 members (excludes halogenated alkanes) is 4. The molecule has 0 bridgehead atoms. The summed E-state index contributed by atoms with van der Waals surface area (Å²) >= 11 is 0. The summed E-state index contributed by atoms with van der Waals surface area (Å²) in [5, 5.41) is 8.90. The van der Waals surface area contributed by atoms with Gasteiger partial charge in [-0.2, -0.15) is 0 Å². The summed E-state index contributed by atoms with van der Waals surface area (Å²) in [5.41, 5.74) is 0. The van der Waals surface area contributed by atoms with Crippen molar-refractivity contribution >= 4 is 5.91 Å². The number of carbonyl (C=O) groups excluding carboxylic acids is 1. The average molecular weight is 255 g/mol. The summed E-state index contributed by atoms with van der Waals surface area (Å²) in [6.45, 7) is 3.14. The van der Waals surface area contributed by atoms with Crippen molar-refractivity contribution in [2.24, 2.45) is 0 Å². The van der Waals surface area contributed by atoms with Crippen LogP contribution >= 0.6 is 0 Å². The van der Waals surface area contributed by atoms with Gasteiger partial charge in [-0.25, -0.2) is 0 Å². The molecule has 0 radical (unpaired) electrons. The highest BCUT2D eigenvalue weighted by Gasteiger charge is 2.27. The molecule has 3 heteroatoms. The summed E-state index contributed by atoms with van der Waals surface area (Å²) in [6.07, 6.45) is 11.0. The lowest BCUT2D eigenvalue weighted by molar-refractivity contribution is -0.135. The van der Waals surface area contributed by atoms with Crippen LogP contribution in [-0.4, -0.2) is 35.1 Å². The lowest BCUT2D eigenvalue weighted by Crippen LogP contribution is -2.44. The number of rotatable bonds is 10. The molecule has 1 amide bonds. The number of aliphatic hydroxyl groups is 1. The first-order chi connectivity index (χ1) is 8.79. The second-order valence-electron chi connectivity index (χ2n) is 5.41. The van der Waals surface area contributed by atoms with Gasteiger partial charge in [0.2, 0.25) is 5.91 Å². The first kappa shape index (κ1) is 15.5. The average Bonchev–Trinajstić information content (AvgIpc) is 2.31. The van der Waals surface area contributed by atoms with Gasteiger partial charge >= 0.3 is 0 Å².